The quantitative estimate of drug-likeness (QED) is 0.578. The Morgan fingerprint density at radius 3 is 2.56 bits per heavy atom. The first-order chi connectivity index (χ1) is 12.1. The first-order valence-electron chi connectivity index (χ1n) is 8.24. The lowest BCUT2D eigenvalue weighted by atomic mass is 9.95. The molecule has 2 heterocycles. The minimum Gasteiger partial charge on any atom is -0.508 e. The fourth-order valence-electron chi connectivity index (χ4n) is 3.78. The summed E-state index contributed by atoms with van der Waals surface area (Å²) in [6.45, 7) is 0. The Morgan fingerprint density at radius 2 is 1.84 bits per heavy atom. The molecule has 1 aliphatic rings. The Kier molecular flexibility index (Phi) is 3.82. The van der Waals surface area contributed by atoms with Gasteiger partial charge in [-0.25, -0.2) is 9.97 Å². The highest BCUT2D eigenvalue weighted by Gasteiger charge is 2.43. The van der Waals surface area contributed by atoms with Crippen molar-refractivity contribution < 1.29 is 15.3 Å². The van der Waals surface area contributed by atoms with Gasteiger partial charge in [-0.2, -0.15) is 0 Å². The number of aliphatic hydroxyl groups is 2. The summed E-state index contributed by atoms with van der Waals surface area (Å²) in [5, 5.41) is 34.5. The van der Waals surface area contributed by atoms with E-state index in [1.807, 2.05) is 16.8 Å². The number of aromatic hydroxyl groups is 1. The molecule has 4 rings (SSSR count). The number of aromatic nitrogens is 3. The summed E-state index contributed by atoms with van der Waals surface area (Å²) in [4.78, 5) is 8.55. The van der Waals surface area contributed by atoms with Crippen LogP contribution in [-0.2, 0) is 0 Å². The molecule has 0 spiro atoms. The summed E-state index contributed by atoms with van der Waals surface area (Å²) in [6.07, 6.45) is 2.16. The molecule has 0 unspecified atom stereocenters. The molecular weight excluding hydrogens is 320 g/mol. The number of hydrogen-bond acceptors (Lipinski definition) is 6. The summed E-state index contributed by atoms with van der Waals surface area (Å²) < 4.78 is 1.91. The minimum atomic E-state index is -0.901. The number of fused-ring (bicyclic) bond motifs is 1. The molecule has 4 N–H and O–H groups in total. The maximum Gasteiger partial charge on any atom is 0.145 e. The second-order valence-corrected chi connectivity index (χ2v) is 6.41. The number of anilines is 1. The van der Waals surface area contributed by atoms with Gasteiger partial charge >= 0.3 is 0 Å². The molecule has 0 aliphatic heterocycles. The van der Waals surface area contributed by atoms with Crippen LogP contribution in [0, 0.1) is 0 Å². The molecule has 3 aromatic rings. The standard InChI is InChI=1S/C18H20N4O3/c1-19-17-12-6-7-22(18(12)21-9-20-17)14-8-13(15(24)16(14)25)10-2-4-11(23)5-3-10/h2-7,9,13-16,23-25H,8H2,1H3,(H,19,20,21)/t13-,14-,15-,16+/m1/s1. The van der Waals surface area contributed by atoms with Gasteiger partial charge in [-0.05, 0) is 30.2 Å². The number of nitrogens with one attached hydrogen (secondary N) is 1. The van der Waals surface area contributed by atoms with Crippen molar-refractivity contribution in [2.24, 2.45) is 0 Å². The number of nitrogens with zero attached hydrogens (tertiary/aromatic N) is 3. The second-order valence-electron chi connectivity index (χ2n) is 6.41. The van der Waals surface area contributed by atoms with Crippen LogP contribution in [0.25, 0.3) is 11.0 Å². The van der Waals surface area contributed by atoms with Crippen LogP contribution in [0.5, 0.6) is 5.75 Å². The van der Waals surface area contributed by atoms with E-state index in [0.717, 1.165) is 22.4 Å². The molecule has 7 nitrogen and oxygen atoms in total. The average Bonchev–Trinajstić information content (AvgIpc) is 3.18. The van der Waals surface area contributed by atoms with E-state index in [-0.39, 0.29) is 17.7 Å². The van der Waals surface area contributed by atoms with Gasteiger partial charge in [0, 0.05) is 19.2 Å². The van der Waals surface area contributed by atoms with Crippen LogP contribution in [0.3, 0.4) is 0 Å². The maximum absolute atomic E-state index is 10.6. The molecule has 0 bridgehead atoms. The van der Waals surface area contributed by atoms with E-state index in [1.54, 1.807) is 31.3 Å². The summed E-state index contributed by atoms with van der Waals surface area (Å²) in [6, 6.07) is 8.39. The van der Waals surface area contributed by atoms with Crippen molar-refractivity contribution in [2.45, 2.75) is 30.6 Å². The van der Waals surface area contributed by atoms with E-state index < -0.39 is 12.2 Å². The van der Waals surface area contributed by atoms with Gasteiger partial charge in [0.05, 0.1) is 17.5 Å². The van der Waals surface area contributed by atoms with E-state index in [9.17, 15) is 15.3 Å². The molecule has 130 valence electrons. The third kappa shape index (κ3) is 2.52. The van der Waals surface area contributed by atoms with Gasteiger partial charge in [-0.3, -0.25) is 0 Å². The van der Waals surface area contributed by atoms with Crippen molar-refractivity contribution in [2.75, 3.05) is 12.4 Å². The van der Waals surface area contributed by atoms with Crippen molar-refractivity contribution in [3.63, 3.8) is 0 Å². The molecule has 1 saturated carbocycles. The smallest absolute Gasteiger partial charge is 0.145 e. The Hall–Kier alpha value is -2.64. The fraction of sp³-hybridized carbons (Fsp3) is 0.333. The topological polar surface area (TPSA) is 103 Å². The maximum atomic E-state index is 10.6. The molecular formula is C18H20N4O3. The van der Waals surface area contributed by atoms with Crippen LogP contribution < -0.4 is 5.32 Å². The predicted molar refractivity (Wildman–Crippen MR) is 93.6 cm³/mol. The SMILES string of the molecule is CNc1ncnc2c1ccn2[C@@H]1C[C@H](c2ccc(O)cc2)[C@@H](O)[C@H]1O. The number of aliphatic hydroxyl groups excluding tert-OH is 2. The van der Waals surface area contributed by atoms with Gasteiger partial charge in [0.25, 0.3) is 0 Å². The second kappa shape index (κ2) is 6.02. The van der Waals surface area contributed by atoms with Crippen LogP contribution in [0.2, 0.25) is 0 Å². The zero-order chi connectivity index (χ0) is 17.6. The Bertz CT molecular complexity index is 893. The van der Waals surface area contributed by atoms with Crippen LogP contribution >= 0.6 is 0 Å². The highest BCUT2D eigenvalue weighted by Crippen LogP contribution is 2.43. The van der Waals surface area contributed by atoms with Crippen molar-refractivity contribution in [3.8, 4) is 5.75 Å². The van der Waals surface area contributed by atoms with Crippen LogP contribution in [-0.4, -0.2) is 49.1 Å². The van der Waals surface area contributed by atoms with E-state index in [4.69, 9.17) is 0 Å². The molecule has 0 amide bonds. The Balaban J connectivity index is 1.71. The van der Waals surface area contributed by atoms with E-state index in [1.165, 1.54) is 6.33 Å². The van der Waals surface area contributed by atoms with Gasteiger partial charge in [0.2, 0.25) is 0 Å². The highest BCUT2D eigenvalue weighted by molar-refractivity contribution is 5.87. The average molecular weight is 340 g/mol. The van der Waals surface area contributed by atoms with Gasteiger partial charge in [0.1, 0.15) is 29.6 Å². The van der Waals surface area contributed by atoms with Crippen LogP contribution in [0.1, 0.15) is 23.9 Å². The summed E-state index contributed by atoms with van der Waals surface area (Å²) in [7, 11) is 1.80. The van der Waals surface area contributed by atoms with Crippen molar-refractivity contribution in [3.05, 3.63) is 48.4 Å². The third-order valence-corrected chi connectivity index (χ3v) is 5.08. The first-order valence-corrected chi connectivity index (χ1v) is 8.24. The lowest BCUT2D eigenvalue weighted by molar-refractivity contribution is 0.0179. The lowest BCUT2D eigenvalue weighted by Gasteiger charge is -2.19. The monoisotopic (exact) mass is 340 g/mol. The van der Waals surface area contributed by atoms with Gasteiger partial charge in [-0.1, -0.05) is 12.1 Å². The third-order valence-electron chi connectivity index (χ3n) is 5.08. The zero-order valence-corrected chi connectivity index (χ0v) is 13.7. The number of rotatable bonds is 3. The minimum absolute atomic E-state index is 0.182. The molecule has 0 radical (unpaired) electrons. The summed E-state index contributed by atoms with van der Waals surface area (Å²) in [5.74, 6) is 0.705. The lowest BCUT2D eigenvalue weighted by Crippen LogP contribution is -2.28. The number of hydrogen-bond donors (Lipinski definition) is 4. The number of phenols is 1. The Morgan fingerprint density at radius 1 is 1.08 bits per heavy atom. The molecule has 1 aliphatic carbocycles. The normalized spacial score (nSPS) is 26.2. The summed E-state index contributed by atoms with van der Waals surface area (Å²) in [5.41, 5.74) is 1.62. The zero-order valence-electron chi connectivity index (χ0n) is 13.7. The number of benzene rings is 1. The van der Waals surface area contributed by atoms with Crippen molar-refractivity contribution in [1.82, 2.24) is 14.5 Å². The van der Waals surface area contributed by atoms with Gasteiger partial charge in [0.15, 0.2) is 0 Å². The largest absolute Gasteiger partial charge is 0.508 e. The molecule has 0 saturated heterocycles. The van der Waals surface area contributed by atoms with Crippen LogP contribution in [0.15, 0.2) is 42.9 Å². The number of phenolic OH excluding ortho intramolecular Hbond substituents is 1. The van der Waals surface area contributed by atoms with E-state index in [2.05, 4.69) is 15.3 Å². The molecule has 4 atom stereocenters. The highest BCUT2D eigenvalue weighted by atomic mass is 16.3. The molecule has 1 fully saturated rings. The summed E-state index contributed by atoms with van der Waals surface area (Å²) >= 11 is 0. The van der Waals surface area contributed by atoms with Crippen molar-refractivity contribution in [1.29, 1.82) is 0 Å². The van der Waals surface area contributed by atoms with Gasteiger partial charge in [-0.15, -0.1) is 0 Å². The van der Waals surface area contributed by atoms with Crippen LogP contribution in [0.4, 0.5) is 5.82 Å². The Labute approximate surface area is 144 Å². The van der Waals surface area contributed by atoms with E-state index in [0.29, 0.717) is 6.42 Å². The molecule has 1 aromatic carbocycles. The van der Waals surface area contributed by atoms with Gasteiger partial charge < -0.3 is 25.2 Å². The van der Waals surface area contributed by atoms with E-state index >= 15 is 0 Å². The van der Waals surface area contributed by atoms with Crippen molar-refractivity contribution >= 4 is 16.9 Å². The molecule has 2 aromatic heterocycles. The molecule has 7 heteroatoms. The predicted octanol–water partition coefficient (Wildman–Crippen LogP) is 1.63. The molecule has 25 heavy (non-hydrogen) atoms. The fourth-order valence-corrected chi connectivity index (χ4v) is 3.78. The first kappa shape index (κ1) is 15.9.